The molecule has 16 heavy (non-hydrogen) atoms. The third-order valence-electron chi connectivity index (χ3n) is 2.34. The molecule has 4 heteroatoms. The molecule has 1 aromatic carbocycles. The minimum atomic E-state index is 0.719. The molecule has 1 heterocycles. The van der Waals surface area contributed by atoms with Crippen LogP contribution >= 0.6 is 15.9 Å². The number of aromatic nitrogens is 2. The third kappa shape index (κ3) is 2.44. The summed E-state index contributed by atoms with van der Waals surface area (Å²) in [5.74, 6) is 0.886. The van der Waals surface area contributed by atoms with Gasteiger partial charge in [-0.25, -0.2) is 0 Å². The van der Waals surface area contributed by atoms with Gasteiger partial charge < -0.3 is 4.74 Å². The Morgan fingerprint density at radius 3 is 2.88 bits per heavy atom. The average Bonchev–Trinajstić information content (AvgIpc) is 2.64. The molecule has 3 nitrogen and oxygen atoms in total. The molecule has 1 aromatic heterocycles. The summed E-state index contributed by atoms with van der Waals surface area (Å²) in [6.07, 6.45) is 3.87. The second kappa shape index (κ2) is 4.70. The Balaban J connectivity index is 2.29. The van der Waals surface area contributed by atoms with Crippen LogP contribution in [0.3, 0.4) is 0 Å². The van der Waals surface area contributed by atoms with Crippen LogP contribution in [-0.4, -0.2) is 16.9 Å². The van der Waals surface area contributed by atoms with Crippen LogP contribution in [0.15, 0.2) is 35.1 Å². The lowest BCUT2D eigenvalue weighted by Gasteiger charge is -2.08. The summed E-state index contributed by atoms with van der Waals surface area (Å²) in [7, 11) is 1.68. The van der Waals surface area contributed by atoms with Crippen LogP contribution in [-0.2, 0) is 6.54 Å². The van der Waals surface area contributed by atoms with Crippen LogP contribution < -0.4 is 4.74 Å². The van der Waals surface area contributed by atoms with E-state index in [1.807, 2.05) is 36.1 Å². The van der Waals surface area contributed by atoms with Gasteiger partial charge in [-0.15, -0.1) is 0 Å². The minimum absolute atomic E-state index is 0.719. The van der Waals surface area contributed by atoms with E-state index in [2.05, 4.69) is 27.1 Å². The van der Waals surface area contributed by atoms with E-state index in [1.165, 1.54) is 0 Å². The van der Waals surface area contributed by atoms with Gasteiger partial charge in [0.05, 0.1) is 19.9 Å². The van der Waals surface area contributed by atoms with Crippen molar-refractivity contribution in [1.82, 2.24) is 9.78 Å². The summed E-state index contributed by atoms with van der Waals surface area (Å²) >= 11 is 3.46. The van der Waals surface area contributed by atoms with Gasteiger partial charge in [0.15, 0.2) is 0 Å². The van der Waals surface area contributed by atoms with Crippen molar-refractivity contribution in [3.63, 3.8) is 0 Å². The zero-order chi connectivity index (χ0) is 11.5. The summed E-state index contributed by atoms with van der Waals surface area (Å²) in [6, 6.07) is 5.97. The van der Waals surface area contributed by atoms with Crippen molar-refractivity contribution in [3.05, 3.63) is 46.2 Å². The van der Waals surface area contributed by atoms with E-state index in [0.717, 1.165) is 27.9 Å². The molecule has 0 amide bonds. The van der Waals surface area contributed by atoms with E-state index in [-0.39, 0.29) is 0 Å². The molecule has 84 valence electrons. The lowest BCUT2D eigenvalue weighted by atomic mass is 10.2. The Bertz CT molecular complexity index is 494. The molecule has 0 saturated heterocycles. The zero-order valence-corrected chi connectivity index (χ0v) is 10.9. The average molecular weight is 281 g/mol. The van der Waals surface area contributed by atoms with Crippen molar-refractivity contribution in [2.45, 2.75) is 13.5 Å². The first-order chi connectivity index (χ1) is 7.69. The van der Waals surface area contributed by atoms with Gasteiger partial charge in [-0.2, -0.15) is 5.10 Å². The molecule has 2 aromatic rings. The SMILES string of the molecule is COc1ccc(Br)cc1Cn1cc(C)cn1. The Labute approximate surface area is 103 Å². The topological polar surface area (TPSA) is 27.1 Å². The Morgan fingerprint density at radius 2 is 2.25 bits per heavy atom. The first-order valence-electron chi connectivity index (χ1n) is 5.00. The van der Waals surface area contributed by atoms with Gasteiger partial charge in [-0.1, -0.05) is 15.9 Å². The van der Waals surface area contributed by atoms with Gasteiger partial charge in [0.1, 0.15) is 5.75 Å². The fourth-order valence-corrected chi connectivity index (χ4v) is 2.01. The van der Waals surface area contributed by atoms with E-state index >= 15 is 0 Å². The summed E-state index contributed by atoms with van der Waals surface area (Å²) in [6.45, 7) is 2.75. The highest BCUT2D eigenvalue weighted by Gasteiger charge is 2.05. The molecule has 0 aliphatic rings. The summed E-state index contributed by atoms with van der Waals surface area (Å²) < 4.78 is 8.27. The molecule has 0 bridgehead atoms. The highest BCUT2D eigenvalue weighted by atomic mass is 79.9. The van der Waals surface area contributed by atoms with Crippen LogP contribution in [0.1, 0.15) is 11.1 Å². The Morgan fingerprint density at radius 1 is 1.44 bits per heavy atom. The van der Waals surface area contributed by atoms with Crippen molar-refractivity contribution < 1.29 is 4.74 Å². The van der Waals surface area contributed by atoms with Crippen molar-refractivity contribution in [1.29, 1.82) is 0 Å². The second-order valence-corrected chi connectivity index (χ2v) is 4.59. The normalized spacial score (nSPS) is 10.4. The van der Waals surface area contributed by atoms with Gasteiger partial charge >= 0.3 is 0 Å². The molecule has 0 saturated carbocycles. The van der Waals surface area contributed by atoms with Crippen molar-refractivity contribution in [2.75, 3.05) is 7.11 Å². The standard InChI is InChI=1S/C12H13BrN2O/c1-9-6-14-15(7-9)8-10-5-11(13)3-4-12(10)16-2/h3-7H,8H2,1-2H3. The number of hydrogen-bond acceptors (Lipinski definition) is 2. The molecule has 0 unspecified atom stereocenters. The Kier molecular flexibility index (Phi) is 3.29. The van der Waals surface area contributed by atoms with E-state index < -0.39 is 0 Å². The smallest absolute Gasteiger partial charge is 0.124 e. The number of benzene rings is 1. The van der Waals surface area contributed by atoms with Gasteiger partial charge in [0.2, 0.25) is 0 Å². The molecule has 0 N–H and O–H groups in total. The van der Waals surface area contributed by atoms with Crippen LogP contribution in [0.25, 0.3) is 0 Å². The highest BCUT2D eigenvalue weighted by molar-refractivity contribution is 9.10. The monoisotopic (exact) mass is 280 g/mol. The second-order valence-electron chi connectivity index (χ2n) is 3.67. The quantitative estimate of drug-likeness (QED) is 0.864. The first-order valence-corrected chi connectivity index (χ1v) is 5.80. The summed E-state index contributed by atoms with van der Waals surface area (Å²) in [4.78, 5) is 0. The number of methoxy groups -OCH3 is 1. The summed E-state index contributed by atoms with van der Waals surface area (Å²) in [5.41, 5.74) is 2.27. The maximum absolute atomic E-state index is 5.32. The fraction of sp³-hybridized carbons (Fsp3) is 0.250. The van der Waals surface area contributed by atoms with Crippen LogP contribution in [0.4, 0.5) is 0 Å². The van der Waals surface area contributed by atoms with E-state index in [9.17, 15) is 0 Å². The lowest BCUT2D eigenvalue weighted by molar-refractivity contribution is 0.407. The number of aryl methyl sites for hydroxylation is 1. The van der Waals surface area contributed by atoms with Crippen molar-refractivity contribution in [3.8, 4) is 5.75 Å². The molecule has 2 rings (SSSR count). The van der Waals surface area contributed by atoms with Crippen molar-refractivity contribution in [2.24, 2.45) is 0 Å². The number of halogens is 1. The fourth-order valence-electron chi connectivity index (χ4n) is 1.60. The van der Waals surface area contributed by atoms with Gasteiger partial charge in [0, 0.05) is 16.2 Å². The Hall–Kier alpha value is -1.29. The molecule has 0 aliphatic carbocycles. The molecule has 0 aliphatic heterocycles. The molecule has 0 fully saturated rings. The zero-order valence-electron chi connectivity index (χ0n) is 9.27. The van der Waals surface area contributed by atoms with Crippen LogP contribution in [0, 0.1) is 6.92 Å². The van der Waals surface area contributed by atoms with Gasteiger partial charge in [-0.05, 0) is 30.7 Å². The predicted octanol–water partition coefficient (Wildman–Crippen LogP) is 3.01. The predicted molar refractivity (Wildman–Crippen MR) is 66.8 cm³/mol. The molecular weight excluding hydrogens is 268 g/mol. The van der Waals surface area contributed by atoms with E-state index in [0.29, 0.717) is 0 Å². The molecular formula is C12H13BrN2O. The van der Waals surface area contributed by atoms with E-state index in [1.54, 1.807) is 7.11 Å². The first kappa shape index (κ1) is 11.2. The number of rotatable bonds is 3. The lowest BCUT2D eigenvalue weighted by Crippen LogP contribution is -2.02. The number of ether oxygens (including phenoxy) is 1. The highest BCUT2D eigenvalue weighted by Crippen LogP contribution is 2.23. The minimum Gasteiger partial charge on any atom is -0.496 e. The maximum Gasteiger partial charge on any atom is 0.124 e. The number of hydrogen-bond donors (Lipinski definition) is 0. The van der Waals surface area contributed by atoms with Gasteiger partial charge in [0.25, 0.3) is 0 Å². The van der Waals surface area contributed by atoms with E-state index in [4.69, 9.17) is 4.74 Å². The van der Waals surface area contributed by atoms with Crippen LogP contribution in [0.2, 0.25) is 0 Å². The van der Waals surface area contributed by atoms with Crippen molar-refractivity contribution >= 4 is 15.9 Å². The third-order valence-corrected chi connectivity index (χ3v) is 2.83. The number of nitrogens with zero attached hydrogens (tertiary/aromatic N) is 2. The van der Waals surface area contributed by atoms with Gasteiger partial charge in [-0.3, -0.25) is 4.68 Å². The molecule has 0 radical (unpaired) electrons. The summed E-state index contributed by atoms with van der Waals surface area (Å²) in [5, 5.41) is 4.26. The van der Waals surface area contributed by atoms with Crippen LogP contribution in [0.5, 0.6) is 5.75 Å². The maximum atomic E-state index is 5.32. The molecule has 0 atom stereocenters. The molecule has 0 spiro atoms. The largest absolute Gasteiger partial charge is 0.496 e.